The standard InChI is InChI=1S/C16H33N3O7P2S/c1-11(20)12(17-4)9-25-28(24)26-10-16(2,3)14(22)15(23)19-6-5-13(21)18-7-8-29-27/h12,14,17,22,24H,5-10,27H2,1-4H3,(H,18,21)(H,19,23). The Kier molecular flexibility index (Phi) is 15.2. The van der Waals surface area contributed by atoms with E-state index in [4.69, 9.17) is 9.05 Å². The first-order valence-electron chi connectivity index (χ1n) is 9.01. The van der Waals surface area contributed by atoms with E-state index in [1.54, 1.807) is 20.9 Å². The third kappa shape index (κ3) is 12.8. The quantitative estimate of drug-likeness (QED) is 0.154. The minimum Gasteiger partial charge on any atom is -0.383 e. The van der Waals surface area contributed by atoms with Gasteiger partial charge in [0.2, 0.25) is 11.8 Å². The lowest BCUT2D eigenvalue weighted by Crippen LogP contribution is -2.46. The lowest BCUT2D eigenvalue weighted by molar-refractivity contribution is -0.137. The number of rotatable bonds is 16. The minimum absolute atomic E-state index is 0.0602. The van der Waals surface area contributed by atoms with Crippen LogP contribution >= 0.6 is 28.4 Å². The maximum absolute atomic E-state index is 12.1. The summed E-state index contributed by atoms with van der Waals surface area (Å²) in [6, 6.07) is -0.558. The summed E-state index contributed by atoms with van der Waals surface area (Å²) in [5.74, 6) is -0.186. The SMILES string of the molecule is CNC(COP(O)OCC(C)(C)C(O)C(=O)NCCC(=O)NCCSP)C(C)=O. The van der Waals surface area contributed by atoms with Gasteiger partial charge in [-0.1, -0.05) is 22.3 Å². The van der Waals surface area contributed by atoms with Gasteiger partial charge < -0.3 is 35.0 Å². The Bertz CT molecular complexity index is 529. The maximum Gasteiger partial charge on any atom is 0.329 e. The molecule has 4 unspecified atom stereocenters. The van der Waals surface area contributed by atoms with E-state index in [2.05, 4.69) is 24.4 Å². The van der Waals surface area contributed by atoms with Gasteiger partial charge in [0.25, 0.3) is 0 Å². The van der Waals surface area contributed by atoms with Crippen LogP contribution in [0.1, 0.15) is 27.2 Å². The number of carbonyl (C=O) groups is 3. The molecular weight excluding hydrogens is 440 g/mol. The van der Waals surface area contributed by atoms with Crippen molar-refractivity contribution >= 4 is 46.0 Å². The molecule has 0 radical (unpaired) electrons. The first kappa shape index (κ1) is 28.6. The molecule has 0 rings (SSSR count). The molecule has 0 aromatic rings. The molecule has 0 saturated heterocycles. The van der Waals surface area contributed by atoms with Gasteiger partial charge in [0.1, 0.15) is 11.9 Å². The van der Waals surface area contributed by atoms with Crippen LogP contribution in [-0.2, 0) is 23.4 Å². The van der Waals surface area contributed by atoms with E-state index in [0.29, 0.717) is 6.54 Å². The summed E-state index contributed by atoms with van der Waals surface area (Å²) in [5.41, 5.74) is -1.02. The third-order valence-electron chi connectivity index (χ3n) is 3.92. The van der Waals surface area contributed by atoms with Gasteiger partial charge in [0.15, 0.2) is 0 Å². The van der Waals surface area contributed by atoms with E-state index >= 15 is 0 Å². The predicted octanol–water partition coefficient (Wildman–Crippen LogP) is -0.0513. The normalized spacial score (nSPS) is 14.7. The molecule has 4 atom stereocenters. The van der Waals surface area contributed by atoms with Crippen molar-refractivity contribution < 1.29 is 33.4 Å². The number of aliphatic hydroxyl groups is 1. The van der Waals surface area contributed by atoms with E-state index in [-0.39, 0.29) is 37.9 Å². The smallest absolute Gasteiger partial charge is 0.329 e. The van der Waals surface area contributed by atoms with Crippen molar-refractivity contribution in [2.75, 3.05) is 39.1 Å². The Morgan fingerprint density at radius 1 is 1.21 bits per heavy atom. The van der Waals surface area contributed by atoms with Gasteiger partial charge in [0, 0.05) is 30.7 Å². The highest BCUT2D eigenvalue weighted by Crippen LogP contribution is 2.36. The average molecular weight is 473 g/mol. The molecule has 0 aliphatic carbocycles. The van der Waals surface area contributed by atoms with Crippen LogP contribution in [0.25, 0.3) is 0 Å². The van der Waals surface area contributed by atoms with Crippen LogP contribution in [0.4, 0.5) is 0 Å². The second kappa shape index (κ2) is 15.4. The summed E-state index contributed by atoms with van der Waals surface area (Å²) >= 11 is 1.54. The molecule has 13 heteroatoms. The molecular formula is C16H33N3O7P2S. The molecule has 10 nitrogen and oxygen atoms in total. The van der Waals surface area contributed by atoms with Crippen LogP contribution in [0.5, 0.6) is 0 Å². The Balaban J connectivity index is 4.27. The monoisotopic (exact) mass is 473 g/mol. The fourth-order valence-corrected chi connectivity index (χ4v) is 3.34. The molecule has 0 saturated carbocycles. The van der Waals surface area contributed by atoms with Crippen molar-refractivity contribution in [1.29, 1.82) is 0 Å². The molecule has 0 bridgehead atoms. The zero-order chi connectivity index (χ0) is 22.4. The van der Waals surface area contributed by atoms with Gasteiger partial charge in [-0.05, 0) is 14.0 Å². The number of nitrogens with one attached hydrogen (secondary N) is 3. The Morgan fingerprint density at radius 3 is 2.41 bits per heavy atom. The lowest BCUT2D eigenvalue weighted by Gasteiger charge is -2.29. The van der Waals surface area contributed by atoms with Crippen LogP contribution in [0.2, 0.25) is 0 Å². The van der Waals surface area contributed by atoms with E-state index < -0.39 is 32.1 Å². The summed E-state index contributed by atoms with van der Waals surface area (Å²) in [6.45, 7) is 5.02. The fraction of sp³-hybridized carbons (Fsp3) is 0.812. The molecule has 170 valence electrons. The van der Waals surface area contributed by atoms with E-state index in [1.165, 1.54) is 18.3 Å². The predicted molar refractivity (Wildman–Crippen MR) is 117 cm³/mol. The van der Waals surface area contributed by atoms with Crippen molar-refractivity contribution in [3.05, 3.63) is 0 Å². The topological polar surface area (TPSA) is 146 Å². The molecule has 0 aromatic carbocycles. The third-order valence-corrected chi connectivity index (χ3v) is 5.79. The molecule has 0 aromatic heterocycles. The number of carbonyl (C=O) groups excluding carboxylic acids is 3. The molecule has 0 aliphatic rings. The number of amides is 2. The van der Waals surface area contributed by atoms with E-state index in [0.717, 1.165) is 5.75 Å². The van der Waals surface area contributed by atoms with Crippen molar-refractivity contribution in [3.8, 4) is 0 Å². The molecule has 5 N–H and O–H groups in total. The summed E-state index contributed by atoms with van der Waals surface area (Å²) in [7, 11) is 1.82. The Labute approximate surface area is 179 Å². The Hall–Kier alpha value is -0.380. The molecule has 0 aliphatic heterocycles. The zero-order valence-electron chi connectivity index (χ0n) is 17.3. The number of ketones is 1. The summed E-state index contributed by atoms with van der Waals surface area (Å²) < 4.78 is 10.3. The number of aliphatic hydroxyl groups excluding tert-OH is 1. The molecule has 0 fully saturated rings. The van der Waals surface area contributed by atoms with Crippen LogP contribution in [0.15, 0.2) is 0 Å². The Morgan fingerprint density at radius 2 is 1.86 bits per heavy atom. The highest BCUT2D eigenvalue weighted by atomic mass is 32.7. The molecule has 2 amide bonds. The van der Waals surface area contributed by atoms with Gasteiger partial charge in [-0.25, -0.2) is 0 Å². The van der Waals surface area contributed by atoms with Crippen molar-refractivity contribution in [3.63, 3.8) is 0 Å². The van der Waals surface area contributed by atoms with Gasteiger partial charge in [-0.15, -0.1) is 11.4 Å². The second-order valence-electron chi connectivity index (χ2n) is 6.91. The first-order chi connectivity index (χ1) is 13.5. The van der Waals surface area contributed by atoms with E-state index in [9.17, 15) is 24.4 Å². The molecule has 0 heterocycles. The number of hydrogen-bond donors (Lipinski definition) is 5. The van der Waals surface area contributed by atoms with Gasteiger partial charge >= 0.3 is 8.60 Å². The highest BCUT2D eigenvalue weighted by molar-refractivity contribution is 8.43. The summed E-state index contributed by atoms with van der Waals surface area (Å²) in [6.07, 6.45) is -1.31. The number of Topliss-reactive ketones (excluding diaryl/α,β-unsaturated/α-hetero) is 1. The second-order valence-corrected chi connectivity index (χ2v) is 9.65. The molecule has 29 heavy (non-hydrogen) atoms. The van der Waals surface area contributed by atoms with Crippen LogP contribution in [0.3, 0.4) is 0 Å². The van der Waals surface area contributed by atoms with Gasteiger partial charge in [-0.3, -0.25) is 14.4 Å². The van der Waals surface area contributed by atoms with Crippen LogP contribution in [-0.4, -0.2) is 78.8 Å². The summed E-state index contributed by atoms with van der Waals surface area (Å²) in [4.78, 5) is 44.8. The fourth-order valence-electron chi connectivity index (χ4n) is 1.97. The maximum atomic E-state index is 12.1. The van der Waals surface area contributed by atoms with Crippen molar-refractivity contribution in [1.82, 2.24) is 16.0 Å². The summed E-state index contributed by atoms with van der Waals surface area (Å²) in [5, 5.41) is 18.2. The van der Waals surface area contributed by atoms with Gasteiger partial charge in [0.05, 0.1) is 19.3 Å². The first-order valence-corrected chi connectivity index (χ1v) is 12.6. The minimum atomic E-state index is -2.27. The lowest BCUT2D eigenvalue weighted by atomic mass is 9.87. The number of hydrogen-bond acceptors (Lipinski definition) is 9. The van der Waals surface area contributed by atoms with Crippen LogP contribution in [0, 0.1) is 5.41 Å². The molecule has 0 spiro atoms. The average Bonchev–Trinajstić information content (AvgIpc) is 2.66. The van der Waals surface area contributed by atoms with Crippen molar-refractivity contribution in [2.45, 2.75) is 39.3 Å². The number of likely N-dealkylation sites (N-methyl/N-ethyl adjacent to an activating group) is 1. The van der Waals surface area contributed by atoms with Gasteiger partial charge in [-0.2, -0.15) is 0 Å². The zero-order valence-corrected chi connectivity index (χ0v) is 20.1. The highest BCUT2D eigenvalue weighted by Gasteiger charge is 2.35. The van der Waals surface area contributed by atoms with Crippen molar-refractivity contribution in [2.24, 2.45) is 5.41 Å². The largest absolute Gasteiger partial charge is 0.383 e. The van der Waals surface area contributed by atoms with E-state index in [1.807, 2.05) is 0 Å². The van der Waals surface area contributed by atoms with Crippen LogP contribution < -0.4 is 16.0 Å².